The van der Waals surface area contributed by atoms with E-state index in [9.17, 15) is 0 Å². The van der Waals surface area contributed by atoms with Crippen LogP contribution in [0.25, 0.3) is 33.0 Å². The Morgan fingerprint density at radius 2 is 0.792 bits per heavy atom. The molecule has 0 heterocycles. The van der Waals surface area contributed by atoms with Gasteiger partial charge in [-0.1, -0.05) is 108 Å². The zero-order chi connectivity index (χ0) is 16.5. The number of hydrogen-bond donors (Lipinski definition) is 0. The molecule has 4 aromatic carbocycles. The van der Waals surface area contributed by atoms with E-state index in [0.717, 1.165) is 43.1 Å². The summed E-state index contributed by atoms with van der Waals surface area (Å²) in [6.45, 7) is 0. The Morgan fingerprint density at radius 1 is 0.417 bits per heavy atom. The van der Waals surface area contributed by atoms with E-state index < -0.39 is 0 Å². The molecule has 0 N–H and O–H groups in total. The lowest BCUT2D eigenvalue weighted by Gasteiger charge is -2.12. The van der Waals surface area contributed by atoms with Crippen LogP contribution in [0.3, 0.4) is 0 Å². The third-order valence-electron chi connectivity index (χ3n) is 4.24. The van der Waals surface area contributed by atoms with Crippen molar-refractivity contribution in [2.75, 3.05) is 0 Å². The van der Waals surface area contributed by atoms with Crippen molar-refractivity contribution >= 4 is 34.0 Å². The average molecular weight is 349 g/mol. The highest BCUT2D eigenvalue weighted by atomic mass is 35.5. The molecule has 0 aromatic heterocycles. The van der Waals surface area contributed by atoms with Crippen molar-refractivity contribution < 1.29 is 0 Å². The fraction of sp³-hybridized carbons (Fsp3) is 0. The van der Waals surface area contributed by atoms with Crippen molar-refractivity contribution in [3.05, 3.63) is 95.0 Å². The lowest BCUT2D eigenvalue weighted by molar-refractivity contribution is 1.62. The molecule has 0 aliphatic carbocycles. The molecule has 0 saturated heterocycles. The third-order valence-corrected chi connectivity index (χ3v) is 5.05. The quantitative estimate of drug-likeness (QED) is 0.352. The molecular weight excluding hydrogens is 335 g/mol. The van der Waals surface area contributed by atoms with Crippen molar-refractivity contribution in [2.45, 2.75) is 0 Å². The molecule has 4 rings (SSSR count). The fourth-order valence-electron chi connectivity index (χ4n) is 3.01. The van der Waals surface area contributed by atoms with Crippen LogP contribution in [0.2, 0.25) is 10.0 Å². The Kier molecular flexibility index (Phi) is 4.02. The van der Waals surface area contributed by atoms with E-state index in [1.807, 2.05) is 48.5 Å². The zero-order valence-electron chi connectivity index (χ0n) is 12.8. The van der Waals surface area contributed by atoms with Gasteiger partial charge in [0.25, 0.3) is 0 Å². The molecule has 0 fully saturated rings. The fourth-order valence-corrected chi connectivity index (χ4v) is 3.69. The first kappa shape index (κ1) is 15.3. The maximum absolute atomic E-state index is 6.69. The molecule has 0 radical (unpaired) electrons. The van der Waals surface area contributed by atoms with Gasteiger partial charge in [0.15, 0.2) is 0 Å². The predicted molar refractivity (Wildman–Crippen MR) is 105 cm³/mol. The topological polar surface area (TPSA) is 0 Å². The highest BCUT2D eigenvalue weighted by molar-refractivity contribution is 6.42. The van der Waals surface area contributed by atoms with E-state index >= 15 is 0 Å². The van der Waals surface area contributed by atoms with Crippen LogP contribution in [-0.4, -0.2) is 0 Å². The molecule has 0 bridgehead atoms. The summed E-state index contributed by atoms with van der Waals surface area (Å²) >= 11 is 13.4. The summed E-state index contributed by atoms with van der Waals surface area (Å²) in [5.41, 5.74) is 4.25. The van der Waals surface area contributed by atoms with Gasteiger partial charge in [0.05, 0.1) is 10.0 Å². The molecule has 0 aliphatic heterocycles. The summed E-state index contributed by atoms with van der Waals surface area (Å²) < 4.78 is 0. The van der Waals surface area contributed by atoms with E-state index in [1.165, 1.54) is 0 Å². The van der Waals surface area contributed by atoms with E-state index in [2.05, 4.69) is 36.4 Å². The lowest BCUT2D eigenvalue weighted by atomic mass is 9.97. The Morgan fingerprint density at radius 3 is 1.17 bits per heavy atom. The van der Waals surface area contributed by atoms with Crippen LogP contribution < -0.4 is 0 Å². The monoisotopic (exact) mass is 348 g/mol. The second-order valence-electron chi connectivity index (χ2n) is 5.68. The van der Waals surface area contributed by atoms with E-state index in [0.29, 0.717) is 0 Å². The van der Waals surface area contributed by atoms with Crippen LogP contribution in [0.4, 0.5) is 0 Å². The number of hydrogen-bond acceptors (Lipinski definition) is 0. The Hall–Kier alpha value is -2.28. The first-order valence-corrected chi connectivity index (χ1v) is 8.53. The largest absolute Gasteiger partial charge is 0.0830 e. The molecule has 0 spiro atoms. The predicted octanol–water partition coefficient (Wildman–Crippen LogP) is 7.48. The zero-order valence-corrected chi connectivity index (χ0v) is 14.4. The van der Waals surface area contributed by atoms with E-state index in [4.69, 9.17) is 23.2 Å². The molecular formula is C22H14Cl2. The van der Waals surface area contributed by atoms with E-state index in [-0.39, 0.29) is 0 Å². The summed E-state index contributed by atoms with van der Waals surface area (Å²) in [4.78, 5) is 0. The molecule has 0 unspecified atom stereocenters. The van der Waals surface area contributed by atoms with Crippen LogP contribution in [-0.2, 0) is 0 Å². The first-order chi connectivity index (χ1) is 11.8. The highest BCUT2D eigenvalue weighted by Gasteiger charge is 2.12. The summed E-state index contributed by atoms with van der Waals surface area (Å²) in [6, 6.07) is 28.5. The second kappa shape index (κ2) is 6.32. The van der Waals surface area contributed by atoms with Gasteiger partial charge in [0.1, 0.15) is 0 Å². The Balaban J connectivity index is 1.93. The maximum Gasteiger partial charge on any atom is 0.0563 e. The smallest absolute Gasteiger partial charge is 0.0563 e. The molecule has 0 nitrogen and oxygen atoms in total. The highest BCUT2D eigenvalue weighted by Crippen LogP contribution is 2.40. The van der Waals surface area contributed by atoms with Gasteiger partial charge in [-0.2, -0.15) is 0 Å². The third kappa shape index (κ3) is 2.58. The van der Waals surface area contributed by atoms with Crippen LogP contribution in [0, 0.1) is 0 Å². The van der Waals surface area contributed by atoms with Crippen LogP contribution >= 0.6 is 23.2 Å². The SMILES string of the molecule is Clc1c(-c2ccccc2)ccc2c(Cl)c(-c3ccccc3)ccc12. The van der Waals surface area contributed by atoms with Gasteiger partial charge in [0, 0.05) is 21.9 Å². The number of benzene rings is 4. The van der Waals surface area contributed by atoms with Crippen molar-refractivity contribution in [3.63, 3.8) is 0 Å². The molecule has 0 aliphatic rings. The molecule has 0 saturated carbocycles. The van der Waals surface area contributed by atoms with Gasteiger partial charge < -0.3 is 0 Å². The van der Waals surface area contributed by atoms with Gasteiger partial charge in [-0.15, -0.1) is 0 Å². The van der Waals surface area contributed by atoms with Gasteiger partial charge in [-0.25, -0.2) is 0 Å². The lowest BCUT2D eigenvalue weighted by Crippen LogP contribution is -1.86. The molecule has 0 atom stereocenters. The van der Waals surface area contributed by atoms with Crippen LogP contribution in [0.1, 0.15) is 0 Å². The minimum atomic E-state index is 0.736. The van der Waals surface area contributed by atoms with Crippen molar-refractivity contribution in [1.29, 1.82) is 0 Å². The first-order valence-electron chi connectivity index (χ1n) is 7.77. The maximum atomic E-state index is 6.69. The van der Waals surface area contributed by atoms with Gasteiger partial charge in [-0.3, -0.25) is 0 Å². The number of fused-ring (bicyclic) bond motifs is 1. The Labute approximate surface area is 151 Å². The van der Waals surface area contributed by atoms with E-state index in [1.54, 1.807) is 0 Å². The molecule has 116 valence electrons. The summed E-state index contributed by atoms with van der Waals surface area (Å²) in [5.74, 6) is 0. The minimum absolute atomic E-state index is 0.736. The normalized spacial score (nSPS) is 10.9. The standard InChI is InChI=1S/C22H14Cl2/c23-21-17(15-7-3-1-4-8-15)11-13-20-19(21)14-12-18(22(20)24)16-9-5-2-6-10-16/h1-14H. The number of halogens is 2. The summed E-state index contributed by atoms with van der Waals surface area (Å²) in [5, 5.41) is 3.42. The van der Waals surface area contributed by atoms with Gasteiger partial charge in [-0.05, 0) is 11.1 Å². The summed E-state index contributed by atoms with van der Waals surface area (Å²) in [6.07, 6.45) is 0. The van der Waals surface area contributed by atoms with Crippen molar-refractivity contribution in [1.82, 2.24) is 0 Å². The van der Waals surface area contributed by atoms with Crippen LogP contribution in [0.15, 0.2) is 84.9 Å². The summed E-state index contributed by atoms with van der Waals surface area (Å²) in [7, 11) is 0. The Bertz CT molecular complexity index is 921. The van der Waals surface area contributed by atoms with Crippen molar-refractivity contribution in [2.24, 2.45) is 0 Å². The molecule has 0 amide bonds. The second-order valence-corrected chi connectivity index (χ2v) is 6.44. The van der Waals surface area contributed by atoms with Crippen LogP contribution in [0.5, 0.6) is 0 Å². The minimum Gasteiger partial charge on any atom is -0.0830 e. The molecule has 4 aromatic rings. The van der Waals surface area contributed by atoms with Gasteiger partial charge in [0.2, 0.25) is 0 Å². The molecule has 2 heteroatoms. The van der Waals surface area contributed by atoms with Crippen molar-refractivity contribution in [3.8, 4) is 22.3 Å². The molecule has 24 heavy (non-hydrogen) atoms. The number of rotatable bonds is 2. The van der Waals surface area contributed by atoms with Gasteiger partial charge >= 0.3 is 0 Å². The average Bonchev–Trinajstić information content (AvgIpc) is 2.64.